The Morgan fingerprint density at radius 1 is 1.48 bits per heavy atom. The summed E-state index contributed by atoms with van der Waals surface area (Å²) in [6.07, 6.45) is 2.20. The van der Waals surface area contributed by atoms with E-state index >= 15 is 0 Å². The Kier molecular flexibility index (Phi) is 5.29. The van der Waals surface area contributed by atoms with Crippen LogP contribution in [0.1, 0.15) is 19.8 Å². The highest BCUT2D eigenvalue weighted by molar-refractivity contribution is 5.59. The number of hydrogen-bond donors (Lipinski definition) is 3. The Morgan fingerprint density at radius 3 is 2.76 bits per heavy atom. The molecule has 8 nitrogen and oxygen atoms in total. The fourth-order valence-electron chi connectivity index (χ4n) is 2.56. The molecule has 4 N–H and O–H groups in total. The molecule has 0 bridgehead atoms. The molecule has 2 rings (SSSR count). The molecular weight excluding hydrogens is 272 g/mol. The summed E-state index contributed by atoms with van der Waals surface area (Å²) >= 11 is 0. The largest absolute Gasteiger partial charge is 0.364 e. The normalized spacial score (nSPS) is 16.7. The third kappa shape index (κ3) is 4.02. The minimum atomic E-state index is -0.435. The molecule has 0 aliphatic carbocycles. The SMILES string of the molecule is CCN1CCC(CNc2nc(NN)ccc2[N+](=O)[O-])CC1. The van der Waals surface area contributed by atoms with Crippen LogP contribution in [-0.2, 0) is 0 Å². The third-order valence-electron chi connectivity index (χ3n) is 3.93. The molecule has 2 heterocycles. The quantitative estimate of drug-likeness (QED) is 0.413. The van der Waals surface area contributed by atoms with Crippen LogP contribution >= 0.6 is 0 Å². The minimum Gasteiger partial charge on any atom is -0.364 e. The van der Waals surface area contributed by atoms with Crippen molar-refractivity contribution in [3.05, 3.63) is 22.2 Å². The van der Waals surface area contributed by atoms with Gasteiger partial charge in [0, 0.05) is 12.6 Å². The Morgan fingerprint density at radius 2 is 2.19 bits per heavy atom. The number of rotatable bonds is 6. The number of likely N-dealkylation sites (tertiary alicyclic amines) is 1. The molecule has 1 saturated heterocycles. The first kappa shape index (κ1) is 15.5. The molecule has 0 spiro atoms. The first-order chi connectivity index (χ1) is 10.1. The fourth-order valence-corrected chi connectivity index (χ4v) is 2.56. The van der Waals surface area contributed by atoms with E-state index in [1.807, 2.05) is 0 Å². The molecule has 1 aromatic heterocycles. The number of nitrogen functional groups attached to an aromatic ring is 1. The van der Waals surface area contributed by atoms with Crippen LogP contribution in [0.15, 0.2) is 12.1 Å². The maximum Gasteiger partial charge on any atom is 0.311 e. The van der Waals surface area contributed by atoms with Gasteiger partial charge in [0.2, 0.25) is 5.82 Å². The number of nitro groups is 1. The molecule has 0 aromatic carbocycles. The lowest BCUT2D eigenvalue weighted by atomic mass is 9.97. The highest BCUT2D eigenvalue weighted by Gasteiger charge is 2.20. The second kappa shape index (κ2) is 7.19. The summed E-state index contributed by atoms with van der Waals surface area (Å²) in [4.78, 5) is 17.1. The van der Waals surface area contributed by atoms with Crippen LogP contribution < -0.4 is 16.6 Å². The molecule has 8 heteroatoms. The van der Waals surface area contributed by atoms with Crippen molar-refractivity contribution in [2.45, 2.75) is 19.8 Å². The van der Waals surface area contributed by atoms with Gasteiger partial charge in [0.1, 0.15) is 5.82 Å². The summed E-state index contributed by atoms with van der Waals surface area (Å²) in [5, 5.41) is 14.1. The van der Waals surface area contributed by atoms with Gasteiger partial charge < -0.3 is 15.6 Å². The van der Waals surface area contributed by atoms with Crippen molar-refractivity contribution in [1.82, 2.24) is 9.88 Å². The Bertz CT molecular complexity index is 488. The summed E-state index contributed by atoms with van der Waals surface area (Å²) in [5.74, 6) is 6.49. The zero-order valence-electron chi connectivity index (χ0n) is 12.2. The number of pyridine rings is 1. The van der Waals surface area contributed by atoms with Crippen molar-refractivity contribution in [2.75, 3.05) is 36.9 Å². The van der Waals surface area contributed by atoms with Crippen LogP contribution in [-0.4, -0.2) is 41.0 Å². The molecule has 116 valence electrons. The van der Waals surface area contributed by atoms with Crippen molar-refractivity contribution in [1.29, 1.82) is 0 Å². The van der Waals surface area contributed by atoms with E-state index in [0.717, 1.165) is 32.5 Å². The third-order valence-corrected chi connectivity index (χ3v) is 3.93. The van der Waals surface area contributed by atoms with Gasteiger partial charge in [-0.05, 0) is 44.5 Å². The predicted octanol–water partition coefficient (Wildman–Crippen LogP) is 1.42. The van der Waals surface area contributed by atoms with Crippen molar-refractivity contribution in [2.24, 2.45) is 11.8 Å². The maximum absolute atomic E-state index is 11.0. The second-order valence-electron chi connectivity index (χ2n) is 5.22. The molecule has 1 aromatic rings. The first-order valence-electron chi connectivity index (χ1n) is 7.22. The average Bonchev–Trinajstić information content (AvgIpc) is 2.52. The summed E-state index contributed by atoms with van der Waals surface area (Å²) < 4.78 is 0. The van der Waals surface area contributed by atoms with Crippen LogP contribution in [0.25, 0.3) is 0 Å². The molecule has 0 atom stereocenters. The van der Waals surface area contributed by atoms with Gasteiger partial charge in [0.25, 0.3) is 0 Å². The monoisotopic (exact) mass is 294 g/mol. The molecule has 21 heavy (non-hydrogen) atoms. The molecule has 0 unspecified atom stereocenters. The standard InChI is InChI=1S/C13H22N6O2/c1-2-18-7-5-10(6-8-18)9-15-13-11(19(20)21)3-4-12(16-13)17-14/h3-4,10H,2,5-9,14H2,1H3,(H2,15,16,17). The summed E-state index contributed by atoms with van der Waals surface area (Å²) in [7, 11) is 0. The Balaban J connectivity index is 1.97. The van der Waals surface area contributed by atoms with Gasteiger partial charge in [-0.2, -0.15) is 0 Å². The Hall–Kier alpha value is -1.93. The van der Waals surface area contributed by atoms with E-state index < -0.39 is 4.92 Å². The number of piperidine rings is 1. The minimum absolute atomic E-state index is 0.0278. The lowest BCUT2D eigenvalue weighted by Gasteiger charge is -2.31. The second-order valence-corrected chi connectivity index (χ2v) is 5.22. The van der Waals surface area contributed by atoms with Crippen LogP contribution in [0.3, 0.4) is 0 Å². The molecule has 1 aliphatic heterocycles. The zero-order valence-corrected chi connectivity index (χ0v) is 12.2. The van der Waals surface area contributed by atoms with Crippen molar-refractivity contribution >= 4 is 17.3 Å². The number of nitrogens with one attached hydrogen (secondary N) is 2. The summed E-state index contributed by atoms with van der Waals surface area (Å²) in [5.41, 5.74) is 2.38. The van der Waals surface area contributed by atoms with Crippen LogP contribution in [0.4, 0.5) is 17.3 Å². The number of aromatic nitrogens is 1. The zero-order chi connectivity index (χ0) is 15.2. The van der Waals surface area contributed by atoms with E-state index in [0.29, 0.717) is 18.3 Å². The highest BCUT2D eigenvalue weighted by atomic mass is 16.6. The lowest BCUT2D eigenvalue weighted by molar-refractivity contribution is -0.384. The van der Waals surface area contributed by atoms with Crippen molar-refractivity contribution in [3.63, 3.8) is 0 Å². The van der Waals surface area contributed by atoms with E-state index in [1.165, 1.54) is 12.1 Å². The van der Waals surface area contributed by atoms with Crippen LogP contribution in [0, 0.1) is 16.0 Å². The number of nitrogens with zero attached hydrogens (tertiary/aromatic N) is 3. The fraction of sp³-hybridized carbons (Fsp3) is 0.615. The molecule has 1 aliphatic rings. The van der Waals surface area contributed by atoms with Gasteiger partial charge in [0.15, 0.2) is 0 Å². The predicted molar refractivity (Wildman–Crippen MR) is 82.0 cm³/mol. The topological polar surface area (TPSA) is 109 Å². The number of hydrogen-bond acceptors (Lipinski definition) is 7. The van der Waals surface area contributed by atoms with Crippen LogP contribution in [0.5, 0.6) is 0 Å². The molecule has 0 saturated carbocycles. The van der Waals surface area contributed by atoms with E-state index in [-0.39, 0.29) is 11.5 Å². The first-order valence-corrected chi connectivity index (χ1v) is 7.22. The highest BCUT2D eigenvalue weighted by Crippen LogP contribution is 2.25. The summed E-state index contributed by atoms with van der Waals surface area (Å²) in [6.45, 7) is 6.11. The number of anilines is 2. The average molecular weight is 294 g/mol. The maximum atomic E-state index is 11.0. The lowest BCUT2D eigenvalue weighted by Crippen LogP contribution is -2.35. The molecule has 0 radical (unpaired) electrons. The Labute approximate surface area is 123 Å². The van der Waals surface area contributed by atoms with E-state index in [2.05, 4.69) is 27.6 Å². The van der Waals surface area contributed by atoms with Gasteiger partial charge in [-0.15, -0.1) is 0 Å². The smallest absolute Gasteiger partial charge is 0.311 e. The molecule has 1 fully saturated rings. The molecule has 0 amide bonds. The van der Waals surface area contributed by atoms with Crippen molar-refractivity contribution in [3.8, 4) is 0 Å². The van der Waals surface area contributed by atoms with Gasteiger partial charge in [-0.25, -0.2) is 10.8 Å². The number of nitrogens with two attached hydrogens (primary N) is 1. The van der Waals surface area contributed by atoms with E-state index in [4.69, 9.17) is 5.84 Å². The molecular formula is C13H22N6O2. The van der Waals surface area contributed by atoms with Gasteiger partial charge in [-0.3, -0.25) is 10.1 Å². The summed E-state index contributed by atoms with van der Waals surface area (Å²) in [6, 6.07) is 2.90. The van der Waals surface area contributed by atoms with Gasteiger partial charge in [-0.1, -0.05) is 6.92 Å². The van der Waals surface area contributed by atoms with Crippen LogP contribution in [0.2, 0.25) is 0 Å². The van der Waals surface area contributed by atoms with E-state index in [1.54, 1.807) is 0 Å². The van der Waals surface area contributed by atoms with Gasteiger partial charge >= 0.3 is 5.69 Å². The van der Waals surface area contributed by atoms with Gasteiger partial charge in [0.05, 0.1) is 4.92 Å². The number of hydrazine groups is 1. The van der Waals surface area contributed by atoms with Crippen molar-refractivity contribution < 1.29 is 4.92 Å². The van der Waals surface area contributed by atoms with E-state index in [9.17, 15) is 10.1 Å².